The average Bonchev–Trinajstić information content (AvgIpc) is 2.44. The molecule has 2 N–H and O–H groups in total. The van der Waals surface area contributed by atoms with Crippen molar-refractivity contribution in [3.05, 3.63) is 34.2 Å². The quantitative estimate of drug-likeness (QED) is 0.843. The predicted octanol–water partition coefficient (Wildman–Crippen LogP) is 1.58. The van der Waals surface area contributed by atoms with Crippen molar-refractivity contribution in [3.63, 3.8) is 0 Å². The zero-order valence-electron chi connectivity index (χ0n) is 11.1. The second kappa shape index (κ2) is 4.57. The first-order valence-corrected chi connectivity index (χ1v) is 6.71. The van der Waals surface area contributed by atoms with Crippen LogP contribution in [0.25, 0.3) is 5.65 Å². The van der Waals surface area contributed by atoms with E-state index in [4.69, 9.17) is 5.73 Å². The minimum atomic E-state index is -0.172. The zero-order chi connectivity index (χ0) is 13.4. The lowest BCUT2D eigenvalue weighted by Gasteiger charge is -2.28. The fraction of sp³-hybridized carbons (Fsp3) is 0.429. The molecule has 2 aromatic rings. The van der Waals surface area contributed by atoms with Gasteiger partial charge in [0.05, 0.1) is 0 Å². The monoisotopic (exact) mass is 258 g/mol. The van der Waals surface area contributed by atoms with Gasteiger partial charge in [0.15, 0.2) is 5.82 Å². The number of nitrogens with two attached hydrogens (primary N) is 1. The minimum absolute atomic E-state index is 0.172. The van der Waals surface area contributed by atoms with Crippen LogP contribution in [0.5, 0.6) is 0 Å². The van der Waals surface area contributed by atoms with Crippen molar-refractivity contribution < 1.29 is 0 Å². The molecule has 0 bridgehead atoms. The third-order valence-corrected chi connectivity index (χ3v) is 3.72. The molecule has 0 radical (unpaired) electrons. The number of aryl methyl sites for hydroxylation is 1. The van der Waals surface area contributed by atoms with Crippen molar-refractivity contribution in [2.45, 2.75) is 26.2 Å². The van der Waals surface area contributed by atoms with E-state index >= 15 is 0 Å². The Morgan fingerprint density at radius 3 is 2.74 bits per heavy atom. The lowest BCUT2D eigenvalue weighted by atomic mass is 10.1. The molecule has 0 saturated carbocycles. The standard InChI is InChI=1S/C14H18N4O/c1-10-6-5-9-18-12(10)16-13(11(15)14(18)19)17-7-3-2-4-8-17/h5-6,9H,2-4,7-8,15H2,1H3. The summed E-state index contributed by atoms with van der Waals surface area (Å²) in [5.41, 5.74) is 7.76. The topological polar surface area (TPSA) is 63.6 Å². The number of piperidine rings is 1. The van der Waals surface area contributed by atoms with E-state index in [1.807, 2.05) is 19.1 Å². The van der Waals surface area contributed by atoms with Gasteiger partial charge in [-0.05, 0) is 37.8 Å². The van der Waals surface area contributed by atoms with Crippen LogP contribution in [-0.2, 0) is 0 Å². The molecule has 0 aromatic carbocycles. The molecule has 3 rings (SSSR count). The van der Waals surface area contributed by atoms with Crippen LogP contribution in [0.1, 0.15) is 24.8 Å². The summed E-state index contributed by atoms with van der Waals surface area (Å²) in [6.07, 6.45) is 5.22. The van der Waals surface area contributed by atoms with Gasteiger partial charge in [0.25, 0.3) is 5.56 Å². The summed E-state index contributed by atoms with van der Waals surface area (Å²) in [5, 5.41) is 0. The van der Waals surface area contributed by atoms with Gasteiger partial charge >= 0.3 is 0 Å². The number of hydrogen-bond donors (Lipinski definition) is 1. The molecule has 0 unspecified atom stereocenters. The maximum Gasteiger partial charge on any atom is 0.283 e. The zero-order valence-corrected chi connectivity index (χ0v) is 11.1. The summed E-state index contributed by atoms with van der Waals surface area (Å²) in [6, 6.07) is 3.80. The highest BCUT2D eigenvalue weighted by molar-refractivity contribution is 5.66. The highest BCUT2D eigenvalue weighted by Crippen LogP contribution is 2.22. The molecule has 0 amide bonds. The van der Waals surface area contributed by atoms with E-state index in [2.05, 4.69) is 9.88 Å². The van der Waals surface area contributed by atoms with E-state index in [1.54, 1.807) is 6.20 Å². The average molecular weight is 258 g/mol. The number of anilines is 2. The molecule has 0 aliphatic carbocycles. The third kappa shape index (κ3) is 1.95. The fourth-order valence-corrected chi connectivity index (χ4v) is 2.65. The number of nitrogen functional groups attached to an aromatic ring is 1. The number of pyridine rings is 1. The van der Waals surface area contributed by atoms with Gasteiger partial charge in [-0.15, -0.1) is 0 Å². The Hall–Kier alpha value is -2.04. The minimum Gasteiger partial charge on any atom is -0.391 e. The normalized spacial score (nSPS) is 15.9. The van der Waals surface area contributed by atoms with Crippen molar-refractivity contribution in [3.8, 4) is 0 Å². The van der Waals surface area contributed by atoms with Gasteiger partial charge in [0, 0.05) is 19.3 Å². The van der Waals surface area contributed by atoms with Crippen LogP contribution in [0.3, 0.4) is 0 Å². The molecule has 19 heavy (non-hydrogen) atoms. The number of rotatable bonds is 1. The van der Waals surface area contributed by atoms with Crippen molar-refractivity contribution in [2.75, 3.05) is 23.7 Å². The number of fused-ring (bicyclic) bond motifs is 1. The summed E-state index contributed by atoms with van der Waals surface area (Å²) in [4.78, 5) is 19.1. The van der Waals surface area contributed by atoms with Gasteiger partial charge < -0.3 is 10.6 Å². The van der Waals surface area contributed by atoms with Crippen LogP contribution in [0, 0.1) is 6.92 Å². The summed E-state index contributed by atoms with van der Waals surface area (Å²) >= 11 is 0. The van der Waals surface area contributed by atoms with Gasteiger partial charge in [0.2, 0.25) is 0 Å². The van der Waals surface area contributed by atoms with Gasteiger partial charge in [-0.2, -0.15) is 0 Å². The predicted molar refractivity (Wildman–Crippen MR) is 76.7 cm³/mol. The Balaban J connectivity index is 2.22. The van der Waals surface area contributed by atoms with Gasteiger partial charge in [-0.3, -0.25) is 9.20 Å². The van der Waals surface area contributed by atoms with Crippen molar-refractivity contribution >= 4 is 17.2 Å². The first-order chi connectivity index (χ1) is 9.18. The molecule has 1 fully saturated rings. The molecular formula is C14H18N4O. The van der Waals surface area contributed by atoms with Crippen molar-refractivity contribution in [1.82, 2.24) is 9.38 Å². The first kappa shape index (κ1) is 12.0. The molecule has 1 saturated heterocycles. The maximum absolute atomic E-state index is 12.3. The van der Waals surface area contributed by atoms with E-state index in [0.29, 0.717) is 11.5 Å². The maximum atomic E-state index is 12.3. The molecule has 0 spiro atoms. The number of aromatic nitrogens is 2. The lowest BCUT2D eigenvalue weighted by Crippen LogP contribution is -2.33. The second-order valence-electron chi connectivity index (χ2n) is 5.09. The molecule has 1 aliphatic rings. The van der Waals surface area contributed by atoms with E-state index in [1.165, 1.54) is 10.8 Å². The summed E-state index contributed by atoms with van der Waals surface area (Å²) in [5.74, 6) is 0.652. The van der Waals surface area contributed by atoms with Gasteiger partial charge in [0.1, 0.15) is 11.3 Å². The van der Waals surface area contributed by atoms with E-state index in [-0.39, 0.29) is 11.2 Å². The Labute approximate surface area is 111 Å². The highest BCUT2D eigenvalue weighted by Gasteiger charge is 2.18. The van der Waals surface area contributed by atoms with Crippen LogP contribution >= 0.6 is 0 Å². The second-order valence-corrected chi connectivity index (χ2v) is 5.09. The Kier molecular flexibility index (Phi) is 2.89. The molecular weight excluding hydrogens is 240 g/mol. The van der Waals surface area contributed by atoms with Crippen LogP contribution in [0.4, 0.5) is 11.5 Å². The Bertz CT molecular complexity index is 671. The SMILES string of the molecule is Cc1cccn2c(=O)c(N)c(N3CCCCC3)nc12. The van der Waals surface area contributed by atoms with Crippen molar-refractivity contribution in [1.29, 1.82) is 0 Å². The molecule has 2 aromatic heterocycles. The fourth-order valence-electron chi connectivity index (χ4n) is 2.65. The summed E-state index contributed by atoms with van der Waals surface area (Å²) < 4.78 is 1.53. The van der Waals surface area contributed by atoms with E-state index < -0.39 is 0 Å². The smallest absolute Gasteiger partial charge is 0.283 e. The molecule has 100 valence electrons. The largest absolute Gasteiger partial charge is 0.391 e. The molecule has 1 aliphatic heterocycles. The van der Waals surface area contributed by atoms with E-state index in [9.17, 15) is 4.79 Å². The molecule has 3 heterocycles. The highest BCUT2D eigenvalue weighted by atomic mass is 16.1. The van der Waals surface area contributed by atoms with Crippen molar-refractivity contribution in [2.24, 2.45) is 0 Å². The Morgan fingerprint density at radius 2 is 2.00 bits per heavy atom. The summed E-state index contributed by atoms with van der Waals surface area (Å²) in [7, 11) is 0. The molecule has 0 atom stereocenters. The number of hydrogen-bond acceptors (Lipinski definition) is 4. The lowest BCUT2D eigenvalue weighted by molar-refractivity contribution is 0.574. The third-order valence-electron chi connectivity index (χ3n) is 3.72. The van der Waals surface area contributed by atoms with Gasteiger partial charge in [-0.25, -0.2) is 4.98 Å². The van der Waals surface area contributed by atoms with Gasteiger partial charge in [-0.1, -0.05) is 6.07 Å². The summed E-state index contributed by atoms with van der Waals surface area (Å²) in [6.45, 7) is 3.81. The molecule has 5 heteroatoms. The van der Waals surface area contributed by atoms with Crippen LogP contribution in [-0.4, -0.2) is 22.5 Å². The van der Waals surface area contributed by atoms with E-state index in [0.717, 1.165) is 31.5 Å². The Morgan fingerprint density at radius 1 is 1.26 bits per heavy atom. The molecule has 5 nitrogen and oxygen atoms in total. The van der Waals surface area contributed by atoms with Crippen LogP contribution in [0.15, 0.2) is 23.1 Å². The first-order valence-electron chi connectivity index (χ1n) is 6.71. The van der Waals surface area contributed by atoms with Crippen LogP contribution in [0.2, 0.25) is 0 Å². The van der Waals surface area contributed by atoms with Crippen LogP contribution < -0.4 is 16.2 Å². The number of nitrogens with zero attached hydrogens (tertiary/aromatic N) is 3.